The third-order valence-corrected chi connectivity index (χ3v) is 4.46. The van der Waals surface area contributed by atoms with Gasteiger partial charge in [-0.1, -0.05) is 48.0 Å². The van der Waals surface area contributed by atoms with Crippen molar-refractivity contribution in [3.63, 3.8) is 0 Å². The summed E-state index contributed by atoms with van der Waals surface area (Å²) in [6.07, 6.45) is 4.05. The fourth-order valence-electron chi connectivity index (χ4n) is 2.92. The van der Waals surface area contributed by atoms with Crippen LogP contribution in [0.2, 0.25) is 5.02 Å². The Kier molecular flexibility index (Phi) is 4.14. The normalized spacial score (nSPS) is 11.0. The predicted octanol–water partition coefficient (Wildman–Crippen LogP) is 4.65. The van der Waals surface area contributed by atoms with Crippen LogP contribution in [0, 0.1) is 0 Å². The topological polar surface area (TPSA) is 80.5 Å². The quantitative estimate of drug-likeness (QED) is 0.518. The monoisotopic (exact) mass is 361 g/mol. The summed E-state index contributed by atoms with van der Waals surface area (Å²) >= 11 is 6.42. The molecule has 0 spiro atoms. The number of fused-ring (bicyclic) bond motifs is 1. The molecule has 26 heavy (non-hydrogen) atoms. The van der Waals surface area contributed by atoms with Gasteiger partial charge in [-0.2, -0.15) is 5.10 Å². The van der Waals surface area contributed by atoms with Gasteiger partial charge in [0.25, 0.3) is 0 Å². The summed E-state index contributed by atoms with van der Waals surface area (Å²) in [6.45, 7) is 3.77. The number of nitrogen functional groups attached to an aromatic ring is 1. The van der Waals surface area contributed by atoms with E-state index in [9.17, 15) is 0 Å². The molecule has 0 unspecified atom stereocenters. The lowest BCUT2D eigenvalue weighted by atomic mass is 10.0. The molecule has 0 fully saturated rings. The van der Waals surface area contributed by atoms with Crippen molar-refractivity contribution in [2.45, 2.75) is 6.42 Å². The molecule has 3 N–H and O–H groups in total. The zero-order valence-corrected chi connectivity index (χ0v) is 14.7. The van der Waals surface area contributed by atoms with E-state index in [0.717, 1.165) is 33.4 Å². The van der Waals surface area contributed by atoms with Crippen molar-refractivity contribution in [3.05, 3.63) is 72.0 Å². The minimum atomic E-state index is 0.406. The average Bonchev–Trinajstić information content (AvgIpc) is 3.13. The number of nitrogens with one attached hydrogen (secondary N) is 1. The van der Waals surface area contributed by atoms with Crippen LogP contribution in [0.3, 0.4) is 0 Å². The van der Waals surface area contributed by atoms with Crippen molar-refractivity contribution >= 4 is 28.3 Å². The number of aromatic nitrogens is 4. The Morgan fingerprint density at radius 1 is 1.08 bits per heavy atom. The first-order chi connectivity index (χ1) is 12.7. The highest BCUT2D eigenvalue weighted by atomic mass is 35.5. The maximum Gasteiger partial charge on any atom is 0.146 e. The van der Waals surface area contributed by atoms with Crippen LogP contribution in [-0.2, 0) is 6.42 Å². The number of nitrogens with zero attached hydrogens (tertiary/aromatic N) is 3. The molecule has 0 aliphatic carbocycles. The van der Waals surface area contributed by atoms with E-state index in [0.29, 0.717) is 23.0 Å². The van der Waals surface area contributed by atoms with Gasteiger partial charge in [0.2, 0.25) is 0 Å². The Balaban J connectivity index is 2.00. The van der Waals surface area contributed by atoms with Gasteiger partial charge in [-0.05, 0) is 12.1 Å². The van der Waals surface area contributed by atoms with Gasteiger partial charge in [0.15, 0.2) is 0 Å². The molecule has 4 aromatic rings. The average molecular weight is 362 g/mol. The Morgan fingerprint density at radius 2 is 1.85 bits per heavy atom. The van der Waals surface area contributed by atoms with Gasteiger partial charge >= 0.3 is 0 Å². The van der Waals surface area contributed by atoms with Gasteiger partial charge in [0.05, 0.1) is 33.8 Å². The lowest BCUT2D eigenvalue weighted by Crippen LogP contribution is -2.05. The zero-order chi connectivity index (χ0) is 18.1. The fraction of sp³-hybridized carbons (Fsp3) is 0.0500. The predicted molar refractivity (Wildman–Crippen MR) is 106 cm³/mol. The number of halogens is 1. The summed E-state index contributed by atoms with van der Waals surface area (Å²) in [5, 5.41) is 8.46. The third-order valence-electron chi connectivity index (χ3n) is 4.16. The molecule has 0 saturated carbocycles. The lowest BCUT2D eigenvalue weighted by Gasteiger charge is -2.13. The third kappa shape index (κ3) is 2.82. The van der Waals surface area contributed by atoms with Crippen LogP contribution in [0.1, 0.15) is 5.69 Å². The number of aromatic amines is 1. The van der Waals surface area contributed by atoms with Crippen LogP contribution < -0.4 is 5.73 Å². The summed E-state index contributed by atoms with van der Waals surface area (Å²) in [6, 6.07) is 13.7. The zero-order valence-electron chi connectivity index (χ0n) is 13.9. The SMILES string of the molecule is C=CCc1nc(-c2cc(Cl)c3[nH]ncc3c2)c(-c2ccccc2)nc1N. The van der Waals surface area contributed by atoms with Gasteiger partial charge in [-0.3, -0.25) is 5.10 Å². The minimum Gasteiger partial charge on any atom is -0.382 e. The molecule has 2 aromatic heterocycles. The number of H-pyrrole nitrogens is 1. The number of benzene rings is 2. The van der Waals surface area contributed by atoms with Crippen LogP contribution in [0.5, 0.6) is 0 Å². The number of allylic oxidation sites excluding steroid dienone is 1. The molecule has 0 saturated heterocycles. The smallest absolute Gasteiger partial charge is 0.146 e. The van der Waals surface area contributed by atoms with E-state index in [-0.39, 0.29) is 0 Å². The lowest BCUT2D eigenvalue weighted by molar-refractivity contribution is 1.08. The Hall–Kier alpha value is -3.18. The number of nitrogens with two attached hydrogens (primary N) is 1. The summed E-state index contributed by atoms with van der Waals surface area (Å²) in [4.78, 5) is 9.43. The van der Waals surface area contributed by atoms with Crippen LogP contribution in [0.25, 0.3) is 33.4 Å². The highest BCUT2D eigenvalue weighted by Crippen LogP contribution is 2.34. The molecule has 0 amide bonds. The van der Waals surface area contributed by atoms with Gasteiger partial charge < -0.3 is 5.73 Å². The summed E-state index contributed by atoms with van der Waals surface area (Å²) in [7, 11) is 0. The van der Waals surface area contributed by atoms with Crippen molar-refractivity contribution in [1.82, 2.24) is 20.2 Å². The summed E-state index contributed by atoms with van der Waals surface area (Å²) < 4.78 is 0. The summed E-state index contributed by atoms with van der Waals surface area (Å²) in [5.41, 5.74) is 10.9. The van der Waals surface area contributed by atoms with Crippen molar-refractivity contribution in [3.8, 4) is 22.5 Å². The molecular formula is C20H16ClN5. The Morgan fingerprint density at radius 3 is 2.62 bits per heavy atom. The number of rotatable bonds is 4. The first-order valence-electron chi connectivity index (χ1n) is 8.13. The molecular weight excluding hydrogens is 346 g/mol. The molecule has 0 aliphatic heterocycles. The van der Waals surface area contributed by atoms with E-state index in [4.69, 9.17) is 22.3 Å². The van der Waals surface area contributed by atoms with Crippen molar-refractivity contribution in [2.75, 3.05) is 5.73 Å². The minimum absolute atomic E-state index is 0.406. The number of anilines is 1. The number of hydrogen-bond acceptors (Lipinski definition) is 4. The van der Waals surface area contributed by atoms with Crippen molar-refractivity contribution in [1.29, 1.82) is 0 Å². The highest BCUT2D eigenvalue weighted by Gasteiger charge is 2.16. The molecule has 0 bridgehead atoms. The summed E-state index contributed by atoms with van der Waals surface area (Å²) in [5.74, 6) is 0.406. The van der Waals surface area contributed by atoms with E-state index < -0.39 is 0 Å². The standard InChI is InChI=1S/C20H16ClN5/c1-2-6-16-20(22)25-18(12-7-4-3-5-8-12)19(24-16)13-9-14-11-23-26-17(14)15(21)10-13/h2-5,7-11H,1,6H2,(H2,22,25)(H,23,26). The van der Waals surface area contributed by atoms with Crippen molar-refractivity contribution in [2.24, 2.45) is 0 Å². The van der Waals surface area contributed by atoms with E-state index in [2.05, 4.69) is 21.8 Å². The van der Waals surface area contributed by atoms with Gasteiger partial charge in [-0.15, -0.1) is 6.58 Å². The Bertz CT molecular complexity index is 1100. The molecule has 2 aromatic carbocycles. The molecule has 128 valence electrons. The fourth-order valence-corrected chi connectivity index (χ4v) is 3.19. The molecule has 6 heteroatoms. The Labute approximate surface area is 155 Å². The second-order valence-electron chi connectivity index (χ2n) is 5.90. The molecule has 0 aliphatic rings. The van der Waals surface area contributed by atoms with Gasteiger partial charge in [0.1, 0.15) is 5.82 Å². The maximum absolute atomic E-state index is 6.42. The van der Waals surface area contributed by atoms with E-state index >= 15 is 0 Å². The van der Waals surface area contributed by atoms with Gasteiger partial charge in [0, 0.05) is 22.9 Å². The second-order valence-corrected chi connectivity index (χ2v) is 6.31. The van der Waals surface area contributed by atoms with E-state index in [1.807, 2.05) is 42.5 Å². The van der Waals surface area contributed by atoms with Crippen LogP contribution >= 0.6 is 11.6 Å². The molecule has 0 radical (unpaired) electrons. The second kappa shape index (κ2) is 6.61. The van der Waals surface area contributed by atoms with Crippen LogP contribution in [0.4, 0.5) is 5.82 Å². The largest absolute Gasteiger partial charge is 0.382 e. The van der Waals surface area contributed by atoms with E-state index in [1.165, 1.54) is 0 Å². The van der Waals surface area contributed by atoms with E-state index in [1.54, 1.807) is 12.3 Å². The number of hydrogen-bond donors (Lipinski definition) is 2. The first kappa shape index (κ1) is 16.3. The van der Waals surface area contributed by atoms with Crippen LogP contribution in [0.15, 0.2) is 61.3 Å². The molecule has 5 nitrogen and oxygen atoms in total. The first-order valence-corrected chi connectivity index (χ1v) is 8.51. The highest BCUT2D eigenvalue weighted by molar-refractivity contribution is 6.35. The molecule has 2 heterocycles. The van der Waals surface area contributed by atoms with Crippen LogP contribution in [-0.4, -0.2) is 20.2 Å². The van der Waals surface area contributed by atoms with Gasteiger partial charge in [-0.25, -0.2) is 9.97 Å². The molecule has 0 atom stereocenters. The molecule has 4 rings (SSSR count). The maximum atomic E-state index is 6.42. The van der Waals surface area contributed by atoms with Crippen molar-refractivity contribution < 1.29 is 0 Å².